The highest BCUT2D eigenvalue weighted by Crippen LogP contribution is 1.91. The predicted octanol–water partition coefficient (Wildman–Crippen LogP) is 1.01. The Kier molecular flexibility index (Phi) is 13.7. The Morgan fingerprint density at radius 1 is 1.12 bits per heavy atom. The summed E-state index contributed by atoms with van der Waals surface area (Å²) in [6.45, 7) is 2.10. The molecular weight excluding hydrogens is 258 g/mol. The van der Waals surface area contributed by atoms with Crippen molar-refractivity contribution in [2.45, 2.75) is 13.3 Å². The van der Waals surface area contributed by atoms with Crippen LogP contribution >= 0.6 is 0 Å². The van der Waals surface area contributed by atoms with Crippen LogP contribution in [0.15, 0.2) is 24.4 Å². The highest BCUT2D eigenvalue weighted by atomic mass is 32.2. The van der Waals surface area contributed by atoms with Gasteiger partial charge in [0.1, 0.15) is 0 Å². The molecule has 0 aromatic carbocycles. The third kappa shape index (κ3) is 23.3. The number of pyridine rings is 1. The molecule has 0 radical (unpaired) electrons. The molecule has 7 nitrogen and oxygen atoms in total. The normalized spacial score (nSPS) is 8.94. The second kappa shape index (κ2) is 12.4. The number of rotatable bonds is 1. The average molecular weight is 271 g/mol. The largest absolute Gasteiger partial charge is 0.299 e. The van der Waals surface area contributed by atoms with Crippen LogP contribution in [0, 0.1) is 0 Å². The van der Waals surface area contributed by atoms with Gasteiger partial charge < -0.3 is 0 Å². The number of aryl methyl sites for hydroxylation is 1. The van der Waals surface area contributed by atoms with Crippen molar-refractivity contribution in [3.8, 4) is 0 Å². The second-order valence-corrected chi connectivity index (χ2v) is 3.06. The predicted molar refractivity (Wildman–Crippen MR) is 60.4 cm³/mol. The fraction of sp³-hybridized carbons (Fsp3) is 0.286. The smallest absolute Gasteiger partial charge is 0.284 e. The third-order valence-corrected chi connectivity index (χ3v) is 1.09. The molecule has 0 amide bonds. The van der Waals surface area contributed by atoms with E-state index >= 15 is 0 Å². The summed E-state index contributed by atoms with van der Waals surface area (Å²) >= 11 is -5.22. The Bertz CT molecular complexity index is 287. The molecule has 0 aliphatic rings. The van der Waals surface area contributed by atoms with Crippen LogP contribution < -0.4 is 0 Å². The molecule has 1 heterocycles. The van der Waals surface area contributed by atoms with Gasteiger partial charge in [-0.15, -0.1) is 0 Å². The minimum atomic E-state index is -2.61. The lowest BCUT2D eigenvalue weighted by Gasteiger charge is -1.88. The minimum Gasteiger partial charge on any atom is -0.284 e. The lowest BCUT2D eigenvalue weighted by atomic mass is 10.3. The fourth-order valence-corrected chi connectivity index (χ4v) is 0.607. The molecular formula is C7H13NO6S2. The van der Waals surface area contributed by atoms with Crippen LogP contribution in [-0.2, 0) is 29.1 Å². The Morgan fingerprint density at radius 2 is 1.56 bits per heavy atom. The topological polar surface area (TPSA) is 128 Å². The molecule has 9 heteroatoms. The van der Waals surface area contributed by atoms with Gasteiger partial charge in [0.2, 0.25) is 0 Å². The second-order valence-electron chi connectivity index (χ2n) is 2.14. The Labute approximate surface area is 98.2 Å². The molecule has 94 valence electrons. The van der Waals surface area contributed by atoms with Crippen molar-refractivity contribution in [3.05, 3.63) is 30.1 Å². The van der Waals surface area contributed by atoms with E-state index in [-0.39, 0.29) is 0 Å². The summed E-state index contributed by atoms with van der Waals surface area (Å²) in [5.41, 5.74) is 1.16. The molecule has 0 aliphatic heterocycles. The maximum absolute atomic E-state index is 8.67. The first-order chi connectivity index (χ1) is 7.40. The summed E-state index contributed by atoms with van der Waals surface area (Å²) in [7, 11) is 0. The van der Waals surface area contributed by atoms with Gasteiger partial charge in [0.25, 0.3) is 22.7 Å². The van der Waals surface area contributed by atoms with Crippen molar-refractivity contribution < 1.29 is 26.6 Å². The van der Waals surface area contributed by atoms with Crippen LogP contribution in [0.2, 0.25) is 0 Å². The lowest BCUT2D eigenvalue weighted by molar-refractivity contribution is 0.452. The zero-order valence-electron chi connectivity index (χ0n) is 8.39. The van der Waals surface area contributed by atoms with E-state index in [4.69, 9.17) is 26.6 Å². The molecule has 0 spiro atoms. The zero-order chi connectivity index (χ0) is 13.0. The average Bonchev–Trinajstić information content (AvgIpc) is 2.17. The summed E-state index contributed by atoms with van der Waals surface area (Å²) in [5.74, 6) is 0. The van der Waals surface area contributed by atoms with Crippen molar-refractivity contribution in [3.63, 3.8) is 0 Å². The zero-order valence-corrected chi connectivity index (χ0v) is 10.0. The molecule has 16 heavy (non-hydrogen) atoms. The molecule has 0 unspecified atom stereocenters. The first-order valence-corrected chi connectivity index (χ1v) is 6.02. The van der Waals surface area contributed by atoms with Crippen molar-refractivity contribution in [2.24, 2.45) is 0 Å². The van der Waals surface area contributed by atoms with Gasteiger partial charge in [0, 0.05) is 11.9 Å². The fourth-order valence-electron chi connectivity index (χ4n) is 0.607. The first kappa shape index (κ1) is 17.7. The number of aromatic nitrogens is 1. The summed E-state index contributed by atoms with van der Waals surface area (Å²) in [6.07, 6.45) is 2.85. The quantitative estimate of drug-likeness (QED) is 0.561. The summed E-state index contributed by atoms with van der Waals surface area (Å²) in [6, 6.07) is 5.96. The summed E-state index contributed by atoms with van der Waals surface area (Å²) in [5, 5.41) is 0. The third-order valence-electron chi connectivity index (χ3n) is 1.09. The summed E-state index contributed by atoms with van der Waals surface area (Å²) < 4.78 is 45.7. The van der Waals surface area contributed by atoms with E-state index < -0.39 is 22.7 Å². The van der Waals surface area contributed by atoms with Gasteiger partial charge in [-0.05, 0) is 18.6 Å². The Balaban J connectivity index is 0. The van der Waals surface area contributed by atoms with Gasteiger partial charge in [0.15, 0.2) is 0 Å². The monoisotopic (exact) mass is 271 g/mol. The maximum Gasteiger partial charge on any atom is 0.299 e. The van der Waals surface area contributed by atoms with Crippen LogP contribution in [0.25, 0.3) is 0 Å². The molecule has 1 aromatic rings. The molecule has 0 saturated heterocycles. The standard InChI is InChI=1S/C7H9N.2H2O3S/c1-2-7-5-3-4-6-8-7;2*1-4(2)3/h3-6H,2H2,1H3;2*(H2,1,2,3). The van der Waals surface area contributed by atoms with E-state index in [2.05, 4.69) is 11.9 Å². The molecule has 0 saturated carbocycles. The van der Waals surface area contributed by atoms with E-state index in [0.29, 0.717) is 0 Å². The molecule has 0 atom stereocenters. The molecule has 1 rings (SSSR count). The van der Waals surface area contributed by atoms with E-state index in [1.165, 1.54) is 0 Å². The van der Waals surface area contributed by atoms with Gasteiger partial charge in [-0.3, -0.25) is 23.2 Å². The van der Waals surface area contributed by atoms with Crippen LogP contribution in [0.4, 0.5) is 0 Å². The van der Waals surface area contributed by atoms with E-state index in [0.717, 1.165) is 12.1 Å². The van der Waals surface area contributed by atoms with Crippen LogP contribution in [0.3, 0.4) is 0 Å². The number of nitrogens with zero attached hydrogens (tertiary/aromatic N) is 1. The van der Waals surface area contributed by atoms with Crippen molar-refractivity contribution >= 4 is 22.7 Å². The molecule has 1 aromatic heterocycles. The van der Waals surface area contributed by atoms with Gasteiger partial charge in [-0.25, -0.2) is 0 Å². The van der Waals surface area contributed by atoms with Crippen LogP contribution in [0.1, 0.15) is 12.6 Å². The van der Waals surface area contributed by atoms with Crippen molar-refractivity contribution in [2.75, 3.05) is 0 Å². The van der Waals surface area contributed by atoms with Gasteiger partial charge in [0.05, 0.1) is 0 Å². The van der Waals surface area contributed by atoms with Gasteiger partial charge >= 0.3 is 0 Å². The van der Waals surface area contributed by atoms with Crippen LogP contribution in [0.5, 0.6) is 0 Å². The summed E-state index contributed by atoms with van der Waals surface area (Å²) in [4.78, 5) is 4.10. The maximum atomic E-state index is 8.67. The Morgan fingerprint density at radius 3 is 1.75 bits per heavy atom. The minimum absolute atomic E-state index is 1.03. The lowest BCUT2D eigenvalue weighted by Crippen LogP contribution is -1.81. The van der Waals surface area contributed by atoms with E-state index in [1.807, 2.05) is 24.4 Å². The van der Waals surface area contributed by atoms with Gasteiger partial charge in [-0.2, -0.15) is 8.42 Å². The first-order valence-electron chi connectivity index (χ1n) is 3.89. The number of hydrogen-bond acceptors (Lipinski definition) is 3. The van der Waals surface area contributed by atoms with Crippen molar-refractivity contribution in [1.29, 1.82) is 0 Å². The molecule has 0 fully saturated rings. The molecule has 4 N–H and O–H groups in total. The highest BCUT2D eigenvalue weighted by Gasteiger charge is 1.81. The van der Waals surface area contributed by atoms with Gasteiger partial charge in [-0.1, -0.05) is 13.0 Å². The SMILES string of the molecule is CCc1ccccn1.O=S(O)O.O=S(O)O. The van der Waals surface area contributed by atoms with E-state index in [1.54, 1.807) is 0 Å². The molecule has 0 aliphatic carbocycles. The van der Waals surface area contributed by atoms with Crippen LogP contribution in [-0.4, -0.2) is 31.6 Å². The van der Waals surface area contributed by atoms with Crippen molar-refractivity contribution in [1.82, 2.24) is 4.98 Å². The number of hydrogen-bond donors (Lipinski definition) is 4. The van der Waals surface area contributed by atoms with E-state index in [9.17, 15) is 0 Å². The highest BCUT2D eigenvalue weighted by molar-refractivity contribution is 7.73. The Hall–Kier alpha value is -0.710. The molecule has 0 bridgehead atoms.